The summed E-state index contributed by atoms with van der Waals surface area (Å²) in [5.74, 6) is 0. The zero-order chi connectivity index (χ0) is 12.3. The van der Waals surface area contributed by atoms with Crippen molar-refractivity contribution in [2.45, 2.75) is 52.6 Å². The van der Waals surface area contributed by atoms with Crippen LogP contribution in [0.2, 0.25) is 0 Å². The summed E-state index contributed by atoms with van der Waals surface area (Å²) in [6, 6.07) is 0. The van der Waals surface area contributed by atoms with Crippen molar-refractivity contribution in [1.29, 1.82) is 0 Å². The molecule has 0 aromatic carbocycles. The van der Waals surface area contributed by atoms with Crippen LogP contribution in [0, 0.1) is 0 Å². The zero-order valence-corrected chi connectivity index (χ0v) is 11.5. The molecule has 0 unspecified atom stereocenters. The molecule has 0 aromatic heterocycles. The van der Waals surface area contributed by atoms with E-state index in [0.717, 1.165) is 45.8 Å². The highest BCUT2D eigenvalue weighted by atomic mass is 16.5. The monoisotopic (exact) mass is 231 g/mol. The summed E-state index contributed by atoms with van der Waals surface area (Å²) >= 11 is 0. The maximum absolute atomic E-state index is 5.74. The molecule has 0 radical (unpaired) electrons. The van der Waals surface area contributed by atoms with Gasteiger partial charge in [-0.05, 0) is 46.6 Å². The molecule has 98 valence electrons. The van der Waals surface area contributed by atoms with Crippen molar-refractivity contribution in [2.75, 3.05) is 32.9 Å². The van der Waals surface area contributed by atoms with Crippen molar-refractivity contribution in [3.63, 3.8) is 0 Å². The Bertz CT molecular complexity index is 149. The second kappa shape index (κ2) is 10.1. The fourth-order valence-electron chi connectivity index (χ4n) is 1.23. The van der Waals surface area contributed by atoms with Gasteiger partial charge in [0.2, 0.25) is 0 Å². The van der Waals surface area contributed by atoms with Crippen molar-refractivity contribution in [3.05, 3.63) is 0 Å². The molecular formula is C13H29NO2. The smallest absolute Gasteiger partial charge is 0.0624 e. The summed E-state index contributed by atoms with van der Waals surface area (Å²) < 4.78 is 11.0. The topological polar surface area (TPSA) is 30.5 Å². The molecule has 0 heterocycles. The van der Waals surface area contributed by atoms with Gasteiger partial charge in [-0.2, -0.15) is 0 Å². The predicted molar refractivity (Wildman–Crippen MR) is 68.9 cm³/mol. The van der Waals surface area contributed by atoms with Crippen LogP contribution in [0.3, 0.4) is 0 Å². The molecular weight excluding hydrogens is 202 g/mol. The Balaban J connectivity index is 3.10. The quantitative estimate of drug-likeness (QED) is 0.554. The molecule has 0 saturated carbocycles. The molecule has 0 aromatic rings. The number of hydrogen-bond acceptors (Lipinski definition) is 3. The summed E-state index contributed by atoms with van der Waals surface area (Å²) in [6.45, 7) is 13.0. The zero-order valence-electron chi connectivity index (χ0n) is 11.5. The first-order valence-corrected chi connectivity index (χ1v) is 6.55. The molecule has 0 aliphatic heterocycles. The third-order valence-corrected chi connectivity index (χ3v) is 2.72. The van der Waals surface area contributed by atoms with Gasteiger partial charge in [-0.1, -0.05) is 6.92 Å². The summed E-state index contributed by atoms with van der Waals surface area (Å²) in [5.41, 5.74) is 0.0245. The Hall–Kier alpha value is -0.120. The van der Waals surface area contributed by atoms with Crippen molar-refractivity contribution >= 4 is 0 Å². The second-order valence-electron chi connectivity index (χ2n) is 4.62. The van der Waals surface area contributed by atoms with Crippen molar-refractivity contribution in [2.24, 2.45) is 0 Å². The second-order valence-corrected chi connectivity index (χ2v) is 4.62. The van der Waals surface area contributed by atoms with Gasteiger partial charge in [0.1, 0.15) is 0 Å². The van der Waals surface area contributed by atoms with Crippen LogP contribution in [0.5, 0.6) is 0 Å². The molecule has 0 rings (SSSR count). The van der Waals surface area contributed by atoms with E-state index in [4.69, 9.17) is 9.47 Å². The lowest BCUT2D eigenvalue weighted by atomic mass is 10.1. The largest absolute Gasteiger partial charge is 0.382 e. The summed E-state index contributed by atoms with van der Waals surface area (Å²) in [7, 11) is 0. The molecule has 0 aliphatic carbocycles. The molecule has 0 fully saturated rings. The fraction of sp³-hybridized carbons (Fsp3) is 1.00. The van der Waals surface area contributed by atoms with Gasteiger partial charge in [0.15, 0.2) is 0 Å². The maximum Gasteiger partial charge on any atom is 0.0624 e. The minimum absolute atomic E-state index is 0.0245. The number of nitrogens with one attached hydrogen (secondary N) is 1. The molecule has 3 heteroatoms. The average molecular weight is 231 g/mol. The Morgan fingerprint density at radius 3 is 2.38 bits per heavy atom. The predicted octanol–water partition coefficient (Wildman–Crippen LogP) is 2.60. The van der Waals surface area contributed by atoms with Crippen LogP contribution in [0.15, 0.2) is 0 Å². The molecule has 0 spiro atoms. The van der Waals surface area contributed by atoms with Crippen LogP contribution in [0.1, 0.15) is 47.0 Å². The summed E-state index contributed by atoms with van der Waals surface area (Å²) in [5, 5.41) is 3.38. The fourth-order valence-corrected chi connectivity index (χ4v) is 1.23. The van der Waals surface area contributed by atoms with Gasteiger partial charge in [-0.15, -0.1) is 0 Å². The van der Waals surface area contributed by atoms with E-state index in [2.05, 4.69) is 26.1 Å². The van der Waals surface area contributed by atoms with Gasteiger partial charge in [-0.25, -0.2) is 0 Å². The van der Waals surface area contributed by atoms with E-state index in [-0.39, 0.29) is 5.60 Å². The highest BCUT2D eigenvalue weighted by molar-refractivity contribution is 4.65. The van der Waals surface area contributed by atoms with Gasteiger partial charge in [0, 0.05) is 19.8 Å². The molecule has 0 bridgehead atoms. The van der Waals surface area contributed by atoms with Gasteiger partial charge in [0.05, 0.1) is 12.2 Å². The number of ether oxygens (including phenoxy) is 2. The van der Waals surface area contributed by atoms with Crippen LogP contribution in [-0.2, 0) is 9.47 Å². The van der Waals surface area contributed by atoms with Crippen molar-refractivity contribution in [1.82, 2.24) is 5.32 Å². The van der Waals surface area contributed by atoms with Crippen LogP contribution >= 0.6 is 0 Å². The van der Waals surface area contributed by atoms with Crippen LogP contribution in [-0.4, -0.2) is 38.5 Å². The average Bonchev–Trinajstić information content (AvgIpc) is 2.27. The number of hydrogen-bond donors (Lipinski definition) is 1. The van der Waals surface area contributed by atoms with E-state index in [1.807, 2.05) is 6.92 Å². The van der Waals surface area contributed by atoms with Gasteiger partial charge < -0.3 is 14.8 Å². The van der Waals surface area contributed by atoms with Gasteiger partial charge in [-0.3, -0.25) is 0 Å². The van der Waals surface area contributed by atoms with Crippen LogP contribution in [0.25, 0.3) is 0 Å². The van der Waals surface area contributed by atoms with E-state index < -0.39 is 0 Å². The molecule has 1 N–H and O–H groups in total. The first-order chi connectivity index (χ1) is 7.62. The third-order valence-electron chi connectivity index (χ3n) is 2.72. The molecule has 0 amide bonds. The standard InChI is InChI=1S/C13H29NO2/c1-5-13(3,4)16-12-10-14-9-7-8-11-15-6-2/h14H,5-12H2,1-4H3. The first kappa shape index (κ1) is 15.9. The minimum Gasteiger partial charge on any atom is -0.382 e. The SMILES string of the molecule is CCOCCCCNCCOC(C)(C)CC. The summed E-state index contributed by atoms with van der Waals surface area (Å²) in [4.78, 5) is 0. The summed E-state index contributed by atoms with van der Waals surface area (Å²) in [6.07, 6.45) is 3.38. The first-order valence-electron chi connectivity index (χ1n) is 6.55. The lowest BCUT2D eigenvalue weighted by Crippen LogP contribution is -2.29. The maximum atomic E-state index is 5.74. The van der Waals surface area contributed by atoms with E-state index in [1.54, 1.807) is 0 Å². The van der Waals surface area contributed by atoms with E-state index in [0.29, 0.717) is 0 Å². The van der Waals surface area contributed by atoms with Crippen molar-refractivity contribution in [3.8, 4) is 0 Å². The minimum atomic E-state index is 0.0245. The van der Waals surface area contributed by atoms with Gasteiger partial charge in [0.25, 0.3) is 0 Å². The molecule has 16 heavy (non-hydrogen) atoms. The Morgan fingerprint density at radius 1 is 1.00 bits per heavy atom. The number of rotatable bonds is 11. The molecule has 0 aliphatic rings. The molecule has 0 atom stereocenters. The lowest BCUT2D eigenvalue weighted by Gasteiger charge is -2.23. The highest BCUT2D eigenvalue weighted by Crippen LogP contribution is 2.12. The Labute approximate surface area is 101 Å². The van der Waals surface area contributed by atoms with E-state index >= 15 is 0 Å². The van der Waals surface area contributed by atoms with Crippen LogP contribution in [0.4, 0.5) is 0 Å². The lowest BCUT2D eigenvalue weighted by molar-refractivity contribution is -0.0180. The Kier molecular flexibility index (Phi) is 9.99. The molecule has 0 saturated heterocycles. The van der Waals surface area contributed by atoms with Gasteiger partial charge >= 0.3 is 0 Å². The van der Waals surface area contributed by atoms with E-state index in [9.17, 15) is 0 Å². The third kappa shape index (κ3) is 10.4. The van der Waals surface area contributed by atoms with Crippen LogP contribution < -0.4 is 5.32 Å². The molecule has 3 nitrogen and oxygen atoms in total. The Morgan fingerprint density at radius 2 is 1.75 bits per heavy atom. The normalized spacial score (nSPS) is 12.0. The number of unbranched alkanes of at least 4 members (excludes halogenated alkanes) is 1. The van der Waals surface area contributed by atoms with Crippen molar-refractivity contribution < 1.29 is 9.47 Å². The highest BCUT2D eigenvalue weighted by Gasteiger charge is 2.13. The van der Waals surface area contributed by atoms with E-state index in [1.165, 1.54) is 6.42 Å².